The van der Waals surface area contributed by atoms with Crippen LogP contribution in [0.5, 0.6) is 0 Å². The first-order valence-electron chi connectivity index (χ1n) is 7.58. The van der Waals surface area contributed by atoms with E-state index in [1.807, 2.05) is 11.8 Å². The Morgan fingerprint density at radius 2 is 2.11 bits per heavy atom. The zero-order chi connectivity index (χ0) is 13.7. The van der Waals surface area contributed by atoms with E-state index in [2.05, 4.69) is 17.1 Å². The molecule has 2 aliphatic heterocycles. The molecule has 2 unspecified atom stereocenters. The van der Waals surface area contributed by atoms with Crippen LogP contribution in [0.1, 0.15) is 33.1 Å². The van der Waals surface area contributed by atoms with Gasteiger partial charge in [0.1, 0.15) is 0 Å². The van der Waals surface area contributed by atoms with Gasteiger partial charge >= 0.3 is 6.03 Å². The minimum atomic E-state index is 0.0890. The molecule has 110 valence electrons. The predicted octanol–water partition coefficient (Wildman–Crippen LogP) is 1.29. The molecule has 0 aromatic heterocycles. The van der Waals surface area contributed by atoms with Gasteiger partial charge < -0.3 is 15.0 Å². The lowest BCUT2D eigenvalue weighted by Gasteiger charge is -2.36. The van der Waals surface area contributed by atoms with Crippen LogP contribution in [0.15, 0.2) is 0 Å². The van der Waals surface area contributed by atoms with E-state index in [1.54, 1.807) is 0 Å². The monoisotopic (exact) mass is 269 g/mol. The summed E-state index contributed by atoms with van der Waals surface area (Å²) in [5.74, 6) is 0. The Balaban J connectivity index is 1.68. The molecule has 0 bridgehead atoms. The first-order valence-corrected chi connectivity index (χ1v) is 7.58. The van der Waals surface area contributed by atoms with Gasteiger partial charge in [-0.1, -0.05) is 6.92 Å². The number of urea groups is 1. The summed E-state index contributed by atoms with van der Waals surface area (Å²) in [5.41, 5.74) is 0. The molecular weight excluding hydrogens is 242 g/mol. The smallest absolute Gasteiger partial charge is 0.317 e. The van der Waals surface area contributed by atoms with Gasteiger partial charge in [0.25, 0.3) is 0 Å². The van der Waals surface area contributed by atoms with E-state index in [1.165, 1.54) is 12.8 Å². The molecule has 2 saturated heterocycles. The van der Waals surface area contributed by atoms with Gasteiger partial charge in [-0.05, 0) is 26.2 Å². The minimum absolute atomic E-state index is 0.0890. The molecule has 2 heterocycles. The van der Waals surface area contributed by atoms with E-state index in [-0.39, 0.29) is 12.1 Å². The Morgan fingerprint density at radius 3 is 2.68 bits per heavy atom. The largest absolute Gasteiger partial charge is 0.377 e. The molecule has 5 nitrogen and oxygen atoms in total. The second-order valence-corrected chi connectivity index (χ2v) is 5.68. The molecule has 2 fully saturated rings. The SMILES string of the molecule is CCC(C)NC(=O)N1CCN(CC2CCCO2)CC1. The number of piperazine rings is 1. The van der Waals surface area contributed by atoms with E-state index >= 15 is 0 Å². The first kappa shape index (κ1) is 14.6. The van der Waals surface area contributed by atoms with Gasteiger partial charge in [-0.25, -0.2) is 4.79 Å². The normalized spacial score (nSPS) is 26.4. The lowest BCUT2D eigenvalue weighted by molar-refractivity contribution is 0.0559. The third-order valence-electron chi connectivity index (χ3n) is 4.13. The molecule has 0 aromatic rings. The molecule has 2 rings (SSSR count). The number of hydrogen-bond donors (Lipinski definition) is 1. The Kier molecular flexibility index (Phi) is 5.45. The average Bonchev–Trinajstić information content (AvgIpc) is 2.92. The highest BCUT2D eigenvalue weighted by Crippen LogP contribution is 2.14. The van der Waals surface area contributed by atoms with Crippen LogP contribution in [0.3, 0.4) is 0 Å². The number of rotatable bonds is 4. The summed E-state index contributed by atoms with van der Waals surface area (Å²) in [6, 6.07) is 0.350. The minimum Gasteiger partial charge on any atom is -0.377 e. The number of hydrogen-bond acceptors (Lipinski definition) is 3. The standard InChI is InChI=1S/C14H27N3O2/c1-3-12(2)15-14(18)17-8-6-16(7-9-17)11-13-5-4-10-19-13/h12-13H,3-11H2,1-2H3,(H,15,18). The van der Waals surface area contributed by atoms with Gasteiger partial charge in [-0.3, -0.25) is 4.90 Å². The molecular formula is C14H27N3O2. The van der Waals surface area contributed by atoms with Crippen LogP contribution in [0.4, 0.5) is 4.79 Å². The third kappa shape index (κ3) is 4.35. The molecule has 19 heavy (non-hydrogen) atoms. The fourth-order valence-electron chi connectivity index (χ4n) is 2.61. The maximum Gasteiger partial charge on any atom is 0.317 e. The van der Waals surface area contributed by atoms with E-state index in [0.717, 1.165) is 45.8 Å². The molecule has 0 aliphatic carbocycles. The van der Waals surface area contributed by atoms with Gasteiger partial charge in [0.15, 0.2) is 0 Å². The highest BCUT2D eigenvalue weighted by atomic mass is 16.5. The Bertz CT molecular complexity index is 284. The molecule has 0 saturated carbocycles. The van der Waals surface area contributed by atoms with Crippen LogP contribution in [-0.4, -0.2) is 67.3 Å². The maximum absolute atomic E-state index is 12.0. The van der Waals surface area contributed by atoms with Crippen LogP contribution in [-0.2, 0) is 4.74 Å². The molecule has 2 amide bonds. The van der Waals surface area contributed by atoms with Gasteiger partial charge in [0.2, 0.25) is 0 Å². The molecule has 0 spiro atoms. The summed E-state index contributed by atoms with van der Waals surface area (Å²) in [4.78, 5) is 16.3. The van der Waals surface area contributed by atoms with E-state index in [9.17, 15) is 4.79 Å². The summed E-state index contributed by atoms with van der Waals surface area (Å²) in [7, 11) is 0. The highest BCUT2D eigenvalue weighted by Gasteiger charge is 2.25. The van der Waals surface area contributed by atoms with Crippen LogP contribution >= 0.6 is 0 Å². The van der Waals surface area contributed by atoms with Crippen molar-refractivity contribution in [1.82, 2.24) is 15.1 Å². The summed E-state index contributed by atoms with van der Waals surface area (Å²) < 4.78 is 5.66. The van der Waals surface area contributed by atoms with Crippen molar-refractivity contribution in [3.8, 4) is 0 Å². The molecule has 0 radical (unpaired) electrons. The van der Waals surface area contributed by atoms with Crippen molar-refractivity contribution in [2.75, 3.05) is 39.3 Å². The van der Waals surface area contributed by atoms with Gasteiger partial charge in [0.05, 0.1) is 6.10 Å². The van der Waals surface area contributed by atoms with Gasteiger partial charge in [-0.2, -0.15) is 0 Å². The van der Waals surface area contributed by atoms with Crippen LogP contribution in [0, 0.1) is 0 Å². The Morgan fingerprint density at radius 1 is 1.37 bits per heavy atom. The van der Waals surface area contributed by atoms with Crippen LogP contribution < -0.4 is 5.32 Å². The van der Waals surface area contributed by atoms with Crippen molar-refractivity contribution in [2.24, 2.45) is 0 Å². The van der Waals surface area contributed by atoms with Crippen molar-refractivity contribution < 1.29 is 9.53 Å². The van der Waals surface area contributed by atoms with Crippen LogP contribution in [0.25, 0.3) is 0 Å². The summed E-state index contributed by atoms with van der Waals surface area (Å²) >= 11 is 0. The Hall–Kier alpha value is -0.810. The molecule has 2 atom stereocenters. The van der Waals surface area contributed by atoms with Crippen molar-refractivity contribution in [1.29, 1.82) is 0 Å². The molecule has 0 aromatic carbocycles. The van der Waals surface area contributed by atoms with Crippen molar-refractivity contribution >= 4 is 6.03 Å². The molecule has 1 N–H and O–H groups in total. The lowest BCUT2D eigenvalue weighted by Crippen LogP contribution is -2.54. The summed E-state index contributed by atoms with van der Waals surface area (Å²) in [5, 5.41) is 3.03. The van der Waals surface area contributed by atoms with E-state index < -0.39 is 0 Å². The van der Waals surface area contributed by atoms with Crippen molar-refractivity contribution in [2.45, 2.75) is 45.3 Å². The third-order valence-corrected chi connectivity index (χ3v) is 4.13. The Labute approximate surface area is 116 Å². The number of nitrogens with zero attached hydrogens (tertiary/aromatic N) is 2. The fraction of sp³-hybridized carbons (Fsp3) is 0.929. The first-order chi connectivity index (χ1) is 9.19. The van der Waals surface area contributed by atoms with Crippen LogP contribution in [0.2, 0.25) is 0 Å². The number of carbonyl (C=O) groups excluding carboxylic acids is 1. The average molecular weight is 269 g/mol. The number of amides is 2. The van der Waals surface area contributed by atoms with Crippen molar-refractivity contribution in [3.63, 3.8) is 0 Å². The lowest BCUT2D eigenvalue weighted by atomic mass is 10.2. The fourth-order valence-corrected chi connectivity index (χ4v) is 2.61. The van der Waals surface area contributed by atoms with Gasteiger partial charge in [-0.15, -0.1) is 0 Å². The maximum atomic E-state index is 12.0. The topological polar surface area (TPSA) is 44.8 Å². The second kappa shape index (κ2) is 7.10. The number of carbonyl (C=O) groups is 1. The molecule has 5 heteroatoms. The predicted molar refractivity (Wildman–Crippen MR) is 75.3 cm³/mol. The van der Waals surface area contributed by atoms with E-state index in [0.29, 0.717) is 6.10 Å². The summed E-state index contributed by atoms with van der Waals surface area (Å²) in [6.07, 6.45) is 3.78. The zero-order valence-corrected chi connectivity index (χ0v) is 12.2. The van der Waals surface area contributed by atoms with Gasteiger partial charge in [0, 0.05) is 45.4 Å². The quantitative estimate of drug-likeness (QED) is 0.836. The summed E-state index contributed by atoms with van der Waals surface area (Å²) in [6.45, 7) is 9.67. The molecule has 2 aliphatic rings. The van der Waals surface area contributed by atoms with E-state index in [4.69, 9.17) is 4.74 Å². The zero-order valence-electron chi connectivity index (χ0n) is 12.2. The second-order valence-electron chi connectivity index (χ2n) is 5.68. The highest BCUT2D eigenvalue weighted by molar-refractivity contribution is 5.74. The number of ether oxygens (including phenoxy) is 1. The van der Waals surface area contributed by atoms with Crippen molar-refractivity contribution in [3.05, 3.63) is 0 Å². The number of nitrogens with one attached hydrogen (secondary N) is 1.